The fraction of sp³-hybridized carbons (Fsp3) is 0.364. The third-order valence-electron chi connectivity index (χ3n) is 5.56. The molecule has 1 saturated heterocycles. The highest BCUT2D eigenvalue weighted by Crippen LogP contribution is 2.29. The maximum Gasteiger partial charge on any atom is 0.165 e. The van der Waals surface area contributed by atoms with Crippen LogP contribution in [0.15, 0.2) is 42.5 Å². The first-order valence-electron chi connectivity index (χ1n) is 9.53. The van der Waals surface area contributed by atoms with Gasteiger partial charge < -0.3 is 14.6 Å². The van der Waals surface area contributed by atoms with Gasteiger partial charge in [-0.3, -0.25) is 4.90 Å². The number of hydrogen-bond donors (Lipinski definition) is 1. The molecule has 4 rings (SSSR count). The number of rotatable bonds is 5. The Morgan fingerprint density at radius 1 is 1.07 bits per heavy atom. The van der Waals surface area contributed by atoms with Crippen LogP contribution in [0.1, 0.15) is 11.3 Å². The van der Waals surface area contributed by atoms with Crippen molar-refractivity contribution >= 4 is 16.6 Å². The molecule has 1 fully saturated rings. The zero-order valence-electron chi connectivity index (χ0n) is 16.0. The first-order valence-corrected chi connectivity index (χ1v) is 9.53. The summed E-state index contributed by atoms with van der Waals surface area (Å²) in [5.74, 6) is -0.0194. The average Bonchev–Trinajstić information content (AvgIpc) is 3.01. The molecule has 0 bridgehead atoms. The van der Waals surface area contributed by atoms with Crippen molar-refractivity contribution in [3.05, 3.63) is 59.5 Å². The number of H-pyrrole nitrogens is 1. The minimum atomic E-state index is -0.304. The molecule has 1 aliphatic heterocycles. The monoisotopic (exact) mass is 367 g/mol. The Morgan fingerprint density at radius 3 is 2.52 bits per heavy atom. The van der Waals surface area contributed by atoms with Crippen LogP contribution in [0.2, 0.25) is 0 Å². The molecule has 5 heteroatoms. The lowest BCUT2D eigenvalue weighted by atomic mass is 10.1. The second-order valence-electron chi connectivity index (χ2n) is 7.18. The quantitative estimate of drug-likeness (QED) is 0.740. The van der Waals surface area contributed by atoms with E-state index in [1.807, 2.05) is 0 Å². The van der Waals surface area contributed by atoms with E-state index < -0.39 is 0 Å². The molecule has 142 valence electrons. The van der Waals surface area contributed by atoms with Crippen LogP contribution in [0.25, 0.3) is 10.9 Å². The van der Waals surface area contributed by atoms with E-state index in [4.69, 9.17) is 4.74 Å². The number of aryl methyl sites for hydroxylation is 1. The van der Waals surface area contributed by atoms with Gasteiger partial charge in [-0.1, -0.05) is 18.2 Å². The van der Waals surface area contributed by atoms with Crippen molar-refractivity contribution in [3.63, 3.8) is 0 Å². The third-order valence-corrected chi connectivity index (χ3v) is 5.56. The summed E-state index contributed by atoms with van der Waals surface area (Å²) in [7, 11) is 1.50. The van der Waals surface area contributed by atoms with Crippen LogP contribution in [-0.2, 0) is 6.42 Å². The van der Waals surface area contributed by atoms with Crippen molar-refractivity contribution in [2.45, 2.75) is 13.3 Å². The van der Waals surface area contributed by atoms with Crippen molar-refractivity contribution in [2.75, 3.05) is 44.7 Å². The van der Waals surface area contributed by atoms with Crippen LogP contribution in [0.3, 0.4) is 0 Å². The first-order chi connectivity index (χ1) is 13.2. The van der Waals surface area contributed by atoms with Gasteiger partial charge in [0.05, 0.1) is 7.11 Å². The number of piperazine rings is 1. The predicted molar refractivity (Wildman–Crippen MR) is 108 cm³/mol. The number of nitrogens with one attached hydrogen (secondary N) is 1. The van der Waals surface area contributed by atoms with Gasteiger partial charge in [-0.15, -0.1) is 0 Å². The molecule has 2 heterocycles. The average molecular weight is 367 g/mol. The normalized spacial score (nSPS) is 15.4. The molecule has 0 saturated carbocycles. The van der Waals surface area contributed by atoms with E-state index in [-0.39, 0.29) is 11.6 Å². The summed E-state index contributed by atoms with van der Waals surface area (Å²) in [5, 5.41) is 0.966. The molecule has 4 nitrogen and oxygen atoms in total. The predicted octanol–water partition coefficient (Wildman–Crippen LogP) is 3.99. The highest BCUT2D eigenvalue weighted by Gasteiger charge is 2.18. The van der Waals surface area contributed by atoms with Crippen LogP contribution in [0.4, 0.5) is 10.1 Å². The molecule has 1 aromatic heterocycles. The van der Waals surface area contributed by atoms with E-state index in [9.17, 15) is 4.39 Å². The Kier molecular flexibility index (Phi) is 5.03. The van der Waals surface area contributed by atoms with Gasteiger partial charge in [0.1, 0.15) is 0 Å². The fourth-order valence-electron chi connectivity index (χ4n) is 4.00. The maximum atomic E-state index is 14.2. The molecule has 0 aliphatic carbocycles. The molecule has 0 unspecified atom stereocenters. The van der Waals surface area contributed by atoms with Crippen molar-refractivity contribution in [1.82, 2.24) is 9.88 Å². The molecule has 0 spiro atoms. The molecule has 1 N–H and O–H groups in total. The molecular weight excluding hydrogens is 341 g/mol. The zero-order valence-corrected chi connectivity index (χ0v) is 16.0. The summed E-state index contributed by atoms with van der Waals surface area (Å²) >= 11 is 0. The van der Waals surface area contributed by atoms with E-state index in [1.54, 1.807) is 12.1 Å². The lowest BCUT2D eigenvalue weighted by Gasteiger charge is -2.36. The van der Waals surface area contributed by atoms with Crippen LogP contribution >= 0.6 is 0 Å². The van der Waals surface area contributed by atoms with Gasteiger partial charge in [-0.05, 0) is 37.1 Å². The largest absolute Gasteiger partial charge is 0.494 e. The van der Waals surface area contributed by atoms with E-state index in [0.29, 0.717) is 0 Å². The smallest absolute Gasteiger partial charge is 0.165 e. The Morgan fingerprint density at radius 2 is 1.81 bits per heavy atom. The lowest BCUT2D eigenvalue weighted by molar-refractivity contribution is 0.261. The second kappa shape index (κ2) is 7.61. The first kappa shape index (κ1) is 17.9. The van der Waals surface area contributed by atoms with Gasteiger partial charge in [-0.25, -0.2) is 4.39 Å². The number of aromatic nitrogens is 1. The number of para-hydroxylation sites is 1. The Balaban J connectivity index is 1.41. The minimum Gasteiger partial charge on any atom is -0.494 e. The second-order valence-corrected chi connectivity index (χ2v) is 7.18. The zero-order chi connectivity index (χ0) is 18.8. The molecule has 1 aliphatic rings. The Labute approximate surface area is 159 Å². The standard InChI is InChI=1S/C22H26FN3O/c1-16-18(19-14-20(23)22(27-2)15-21(19)24-16)8-9-25-10-12-26(13-11-25)17-6-4-3-5-7-17/h3-7,14-15,24H,8-13H2,1-2H3. The van der Waals surface area contributed by atoms with Crippen molar-refractivity contribution in [1.29, 1.82) is 0 Å². The van der Waals surface area contributed by atoms with Crippen LogP contribution < -0.4 is 9.64 Å². The highest BCUT2D eigenvalue weighted by molar-refractivity contribution is 5.86. The molecule has 0 radical (unpaired) electrons. The van der Waals surface area contributed by atoms with E-state index in [1.165, 1.54) is 18.4 Å². The number of benzene rings is 2. The summed E-state index contributed by atoms with van der Waals surface area (Å²) in [5.41, 5.74) is 4.56. The van der Waals surface area contributed by atoms with Gasteiger partial charge in [0.15, 0.2) is 11.6 Å². The van der Waals surface area contributed by atoms with Crippen LogP contribution in [0, 0.1) is 12.7 Å². The topological polar surface area (TPSA) is 31.5 Å². The Bertz CT molecular complexity index is 914. The number of hydrogen-bond acceptors (Lipinski definition) is 3. The molecule has 27 heavy (non-hydrogen) atoms. The molecule has 2 aromatic carbocycles. The third kappa shape index (κ3) is 3.65. The van der Waals surface area contributed by atoms with Crippen LogP contribution in [-0.4, -0.2) is 49.7 Å². The summed E-state index contributed by atoms with van der Waals surface area (Å²) in [4.78, 5) is 8.31. The van der Waals surface area contributed by atoms with Gasteiger partial charge in [0.2, 0.25) is 0 Å². The number of ether oxygens (including phenoxy) is 1. The maximum absolute atomic E-state index is 14.2. The SMILES string of the molecule is COc1cc2[nH]c(C)c(CCN3CCN(c4ccccc4)CC3)c2cc1F. The summed E-state index contributed by atoms with van der Waals surface area (Å²) in [6, 6.07) is 13.9. The number of aromatic amines is 1. The number of anilines is 1. The number of halogens is 1. The van der Waals surface area contributed by atoms with Gasteiger partial charge in [-0.2, -0.15) is 0 Å². The fourth-order valence-corrected chi connectivity index (χ4v) is 4.00. The Hall–Kier alpha value is -2.53. The summed E-state index contributed by atoms with van der Waals surface area (Å²) in [6.45, 7) is 7.25. The molecule has 3 aromatic rings. The van der Waals surface area contributed by atoms with Gasteiger partial charge in [0, 0.05) is 61.1 Å². The van der Waals surface area contributed by atoms with Gasteiger partial charge in [0.25, 0.3) is 0 Å². The highest BCUT2D eigenvalue weighted by atomic mass is 19.1. The van der Waals surface area contributed by atoms with E-state index >= 15 is 0 Å². The number of methoxy groups -OCH3 is 1. The molecule has 0 amide bonds. The summed E-state index contributed by atoms with van der Waals surface area (Å²) in [6.07, 6.45) is 0.920. The lowest BCUT2D eigenvalue weighted by Crippen LogP contribution is -2.47. The van der Waals surface area contributed by atoms with Gasteiger partial charge >= 0.3 is 0 Å². The van der Waals surface area contributed by atoms with Crippen molar-refractivity contribution in [3.8, 4) is 5.75 Å². The van der Waals surface area contributed by atoms with E-state index in [0.717, 1.165) is 55.7 Å². The molecular formula is C22H26FN3O. The van der Waals surface area contributed by atoms with Crippen molar-refractivity contribution in [2.24, 2.45) is 0 Å². The van der Waals surface area contributed by atoms with Crippen molar-refractivity contribution < 1.29 is 9.13 Å². The minimum absolute atomic E-state index is 0.285. The number of fused-ring (bicyclic) bond motifs is 1. The van der Waals surface area contributed by atoms with Crippen LogP contribution in [0.5, 0.6) is 5.75 Å². The molecule has 0 atom stereocenters. The van der Waals surface area contributed by atoms with E-state index in [2.05, 4.69) is 52.0 Å². The summed E-state index contributed by atoms with van der Waals surface area (Å²) < 4.78 is 19.2. The number of nitrogens with zero attached hydrogens (tertiary/aromatic N) is 2.